The van der Waals surface area contributed by atoms with Crippen molar-refractivity contribution >= 4 is 17.4 Å². The highest BCUT2D eigenvalue weighted by Crippen LogP contribution is 2.35. The summed E-state index contributed by atoms with van der Waals surface area (Å²) < 4.78 is 5.42. The summed E-state index contributed by atoms with van der Waals surface area (Å²) >= 11 is 0. The summed E-state index contributed by atoms with van der Waals surface area (Å²) in [6, 6.07) is 14.4. The highest BCUT2D eigenvalue weighted by Gasteiger charge is 2.42. The van der Waals surface area contributed by atoms with E-state index in [1.807, 2.05) is 39.0 Å². The van der Waals surface area contributed by atoms with Gasteiger partial charge in [-0.3, -0.25) is 14.5 Å². The lowest BCUT2D eigenvalue weighted by Gasteiger charge is -2.31. The third kappa shape index (κ3) is 4.15. The largest absolute Gasteiger partial charge is 0.382 e. The van der Waals surface area contributed by atoms with Gasteiger partial charge in [0.15, 0.2) is 0 Å². The fraction of sp³-hybridized carbons (Fsp3) is 0.385. The maximum absolute atomic E-state index is 13.5. The van der Waals surface area contributed by atoms with Gasteiger partial charge in [-0.1, -0.05) is 48.0 Å². The minimum atomic E-state index is -0.192. The van der Waals surface area contributed by atoms with Crippen LogP contribution in [0.3, 0.4) is 0 Å². The van der Waals surface area contributed by atoms with Crippen molar-refractivity contribution in [1.82, 2.24) is 9.80 Å². The van der Waals surface area contributed by atoms with Crippen LogP contribution in [0.2, 0.25) is 0 Å². The summed E-state index contributed by atoms with van der Waals surface area (Å²) in [5.41, 5.74) is 6.63. The highest BCUT2D eigenvalue weighted by molar-refractivity contribution is 6.35. The third-order valence-corrected chi connectivity index (χ3v) is 6.12. The molecule has 2 heterocycles. The van der Waals surface area contributed by atoms with Crippen molar-refractivity contribution in [2.45, 2.75) is 40.2 Å². The van der Waals surface area contributed by atoms with Crippen molar-refractivity contribution in [3.05, 3.63) is 76.0 Å². The van der Waals surface area contributed by atoms with Gasteiger partial charge in [0.1, 0.15) is 5.70 Å². The van der Waals surface area contributed by atoms with Crippen LogP contribution in [0.4, 0.5) is 0 Å². The Morgan fingerprint density at radius 3 is 2.52 bits per heavy atom. The molecule has 0 atom stereocenters. The summed E-state index contributed by atoms with van der Waals surface area (Å²) in [4.78, 5) is 30.5. The molecule has 0 fully saturated rings. The number of nitrogens with zero attached hydrogens (tertiary/aromatic N) is 2. The molecule has 31 heavy (non-hydrogen) atoms. The Morgan fingerprint density at radius 2 is 1.77 bits per heavy atom. The number of benzene rings is 2. The lowest BCUT2D eigenvalue weighted by atomic mass is 9.95. The van der Waals surface area contributed by atoms with E-state index in [4.69, 9.17) is 4.74 Å². The van der Waals surface area contributed by atoms with Crippen LogP contribution < -0.4 is 0 Å². The number of imide groups is 1. The van der Waals surface area contributed by atoms with E-state index in [1.54, 1.807) is 0 Å². The van der Waals surface area contributed by atoms with Gasteiger partial charge in [0.25, 0.3) is 11.8 Å². The number of rotatable bonds is 7. The average molecular weight is 419 g/mol. The molecule has 5 nitrogen and oxygen atoms in total. The predicted octanol–water partition coefficient (Wildman–Crippen LogP) is 3.87. The van der Waals surface area contributed by atoms with Crippen molar-refractivity contribution in [2.24, 2.45) is 0 Å². The van der Waals surface area contributed by atoms with E-state index in [2.05, 4.69) is 29.2 Å². The van der Waals surface area contributed by atoms with Gasteiger partial charge in [0, 0.05) is 32.8 Å². The van der Waals surface area contributed by atoms with Gasteiger partial charge in [-0.2, -0.15) is 0 Å². The van der Waals surface area contributed by atoms with Crippen molar-refractivity contribution in [3.63, 3.8) is 0 Å². The molecule has 0 saturated heterocycles. The zero-order valence-electron chi connectivity index (χ0n) is 18.6. The van der Waals surface area contributed by atoms with Gasteiger partial charge in [-0.15, -0.1) is 0 Å². The molecule has 0 radical (unpaired) electrons. The van der Waals surface area contributed by atoms with Gasteiger partial charge in [0.05, 0.1) is 5.57 Å². The number of hydrogen-bond donors (Lipinski definition) is 0. The van der Waals surface area contributed by atoms with Crippen LogP contribution in [-0.2, 0) is 27.3 Å². The molecule has 0 unspecified atom stereocenters. The number of carbonyl (C=O) groups excluding carboxylic acids is 2. The van der Waals surface area contributed by atoms with Gasteiger partial charge in [-0.25, -0.2) is 0 Å². The van der Waals surface area contributed by atoms with Crippen molar-refractivity contribution in [3.8, 4) is 0 Å². The lowest BCUT2D eigenvalue weighted by molar-refractivity contribution is -0.137. The van der Waals surface area contributed by atoms with E-state index in [0.717, 1.165) is 29.7 Å². The van der Waals surface area contributed by atoms with Crippen LogP contribution in [0, 0.1) is 13.8 Å². The first-order valence-corrected chi connectivity index (χ1v) is 11.1. The Hall–Kier alpha value is -2.92. The molecular weight excluding hydrogens is 388 g/mol. The summed E-state index contributed by atoms with van der Waals surface area (Å²) in [7, 11) is 0. The average Bonchev–Trinajstić information content (AvgIpc) is 3.01. The molecule has 2 aliphatic rings. The second kappa shape index (κ2) is 9.06. The van der Waals surface area contributed by atoms with Crippen LogP contribution in [0.25, 0.3) is 5.57 Å². The highest BCUT2D eigenvalue weighted by atomic mass is 16.5. The van der Waals surface area contributed by atoms with Gasteiger partial charge >= 0.3 is 0 Å². The minimum Gasteiger partial charge on any atom is -0.382 e. The number of hydrogen-bond acceptors (Lipinski definition) is 4. The number of carbonyl (C=O) groups is 2. The monoisotopic (exact) mass is 418 g/mol. The lowest BCUT2D eigenvalue weighted by Crippen LogP contribution is -2.38. The second-order valence-corrected chi connectivity index (χ2v) is 8.29. The van der Waals surface area contributed by atoms with Crippen LogP contribution in [0.1, 0.15) is 41.2 Å². The van der Waals surface area contributed by atoms with Crippen molar-refractivity contribution < 1.29 is 14.3 Å². The van der Waals surface area contributed by atoms with E-state index >= 15 is 0 Å². The SMILES string of the molecule is CCOCCCN1C(=O)C(c2ccc(C)cc2C)=C(N2CCc3ccccc3C2)C1=O. The van der Waals surface area contributed by atoms with Gasteiger partial charge in [-0.05, 0) is 55.9 Å². The Bertz CT molecular complexity index is 1040. The molecule has 0 spiro atoms. The predicted molar refractivity (Wildman–Crippen MR) is 121 cm³/mol. The normalized spacial score (nSPS) is 16.4. The molecular formula is C26H30N2O3. The molecule has 2 aliphatic heterocycles. The molecule has 5 heteroatoms. The number of amides is 2. The second-order valence-electron chi connectivity index (χ2n) is 8.29. The zero-order valence-corrected chi connectivity index (χ0v) is 18.6. The summed E-state index contributed by atoms with van der Waals surface area (Å²) in [5, 5.41) is 0. The molecule has 0 N–H and O–H groups in total. The molecule has 2 amide bonds. The number of aryl methyl sites for hydroxylation is 2. The summed E-state index contributed by atoms with van der Waals surface area (Å²) in [5.74, 6) is -0.377. The maximum Gasteiger partial charge on any atom is 0.277 e. The Balaban J connectivity index is 1.72. The molecule has 0 saturated carbocycles. The maximum atomic E-state index is 13.5. The van der Waals surface area contributed by atoms with E-state index in [1.165, 1.54) is 16.0 Å². The molecule has 2 aromatic rings. The van der Waals surface area contributed by atoms with E-state index in [9.17, 15) is 9.59 Å². The third-order valence-electron chi connectivity index (χ3n) is 6.12. The van der Waals surface area contributed by atoms with E-state index < -0.39 is 0 Å². The van der Waals surface area contributed by atoms with Gasteiger partial charge < -0.3 is 9.64 Å². The first kappa shape index (κ1) is 21.3. The topological polar surface area (TPSA) is 49.9 Å². The summed E-state index contributed by atoms with van der Waals surface area (Å²) in [6.07, 6.45) is 1.51. The minimum absolute atomic E-state index is 0.184. The molecule has 4 rings (SSSR count). The van der Waals surface area contributed by atoms with Gasteiger partial charge in [0.2, 0.25) is 0 Å². The molecule has 0 aliphatic carbocycles. The first-order chi connectivity index (χ1) is 15.0. The molecule has 2 aromatic carbocycles. The van der Waals surface area contributed by atoms with Crippen LogP contribution in [-0.4, -0.2) is 47.9 Å². The Labute approximate surface area is 184 Å². The van der Waals surface area contributed by atoms with E-state index in [0.29, 0.717) is 44.0 Å². The molecule has 0 aromatic heterocycles. The zero-order chi connectivity index (χ0) is 22.0. The summed E-state index contributed by atoms with van der Waals surface area (Å²) in [6.45, 7) is 8.91. The fourth-order valence-corrected chi connectivity index (χ4v) is 4.55. The molecule has 0 bridgehead atoms. The van der Waals surface area contributed by atoms with E-state index in [-0.39, 0.29) is 11.8 Å². The first-order valence-electron chi connectivity index (χ1n) is 11.1. The number of fused-ring (bicyclic) bond motifs is 1. The fourth-order valence-electron chi connectivity index (χ4n) is 4.55. The Kier molecular flexibility index (Phi) is 6.23. The van der Waals surface area contributed by atoms with Crippen molar-refractivity contribution in [2.75, 3.05) is 26.3 Å². The standard InChI is InChI=1S/C26H30N2O3/c1-4-31-15-7-13-28-25(29)23(22-11-10-18(2)16-19(22)3)24(26(28)30)27-14-12-20-8-5-6-9-21(20)17-27/h5-6,8-11,16H,4,7,12-15,17H2,1-3H3. The van der Waals surface area contributed by atoms with Crippen LogP contribution in [0.5, 0.6) is 0 Å². The number of ether oxygens (including phenoxy) is 1. The van der Waals surface area contributed by atoms with Crippen LogP contribution >= 0.6 is 0 Å². The van der Waals surface area contributed by atoms with Crippen LogP contribution in [0.15, 0.2) is 48.2 Å². The smallest absolute Gasteiger partial charge is 0.277 e. The molecule has 162 valence electrons. The quantitative estimate of drug-likeness (QED) is 0.506. The van der Waals surface area contributed by atoms with Crippen molar-refractivity contribution in [1.29, 1.82) is 0 Å². The Morgan fingerprint density at radius 1 is 1.00 bits per heavy atom.